The van der Waals surface area contributed by atoms with E-state index in [1.54, 1.807) is 0 Å². The van der Waals surface area contributed by atoms with Gasteiger partial charge in [0, 0.05) is 24.5 Å². The van der Waals surface area contributed by atoms with Crippen molar-refractivity contribution in [1.29, 1.82) is 0 Å². The Bertz CT molecular complexity index is 1100. The van der Waals surface area contributed by atoms with Gasteiger partial charge in [0.2, 0.25) is 0 Å². The van der Waals surface area contributed by atoms with E-state index in [1.165, 1.54) is 27.9 Å². The summed E-state index contributed by atoms with van der Waals surface area (Å²) in [6.07, 6.45) is 3.14. The molecule has 0 saturated heterocycles. The number of hydrogen-bond donors (Lipinski definition) is 0. The van der Waals surface area contributed by atoms with Gasteiger partial charge >= 0.3 is 0 Å². The molecule has 1 aliphatic heterocycles. The van der Waals surface area contributed by atoms with Gasteiger partial charge in [0.15, 0.2) is 0 Å². The second-order valence-electron chi connectivity index (χ2n) is 9.41. The van der Waals surface area contributed by atoms with Crippen LogP contribution >= 0.6 is 0 Å². The van der Waals surface area contributed by atoms with E-state index < -0.39 is 0 Å². The number of fused-ring (bicyclic) bond motifs is 1. The molecule has 0 spiro atoms. The smallest absolute Gasteiger partial charge is 0.127 e. The van der Waals surface area contributed by atoms with Crippen LogP contribution in [0.4, 0.5) is 11.4 Å². The van der Waals surface area contributed by atoms with Crippen LogP contribution in [0.5, 0.6) is 11.5 Å². The Balaban J connectivity index is 1.52. The molecule has 0 N–H and O–H groups in total. The highest BCUT2D eigenvalue weighted by Gasteiger charge is 2.34. The van der Waals surface area contributed by atoms with Crippen molar-refractivity contribution in [3.05, 3.63) is 82.9 Å². The summed E-state index contributed by atoms with van der Waals surface area (Å²) in [6.45, 7) is 11.2. The number of anilines is 1. The van der Waals surface area contributed by atoms with E-state index in [4.69, 9.17) is 9.73 Å². The summed E-state index contributed by atoms with van der Waals surface area (Å²) >= 11 is 0. The van der Waals surface area contributed by atoms with Gasteiger partial charge < -0.3 is 9.64 Å². The maximum Gasteiger partial charge on any atom is 0.127 e. The third-order valence-corrected chi connectivity index (χ3v) is 6.47. The minimum Gasteiger partial charge on any atom is -0.457 e. The molecule has 3 aromatic rings. The quantitative estimate of drug-likeness (QED) is 0.413. The first-order valence-electron chi connectivity index (χ1n) is 11.0. The van der Waals surface area contributed by atoms with Crippen LogP contribution in [0.2, 0.25) is 0 Å². The molecule has 0 amide bonds. The third-order valence-electron chi connectivity index (χ3n) is 6.47. The zero-order valence-electron chi connectivity index (χ0n) is 19.4. The van der Waals surface area contributed by atoms with Crippen molar-refractivity contribution in [2.45, 2.75) is 52.5 Å². The molecule has 1 atom stereocenters. The van der Waals surface area contributed by atoms with E-state index in [0.29, 0.717) is 5.92 Å². The fraction of sp³-hybridized carbons (Fsp3) is 0.321. The van der Waals surface area contributed by atoms with Crippen molar-refractivity contribution in [3.63, 3.8) is 0 Å². The molecule has 3 heteroatoms. The summed E-state index contributed by atoms with van der Waals surface area (Å²) < 4.78 is 5.91. The number of benzene rings is 3. The fourth-order valence-electron chi connectivity index (χ4n) is 4.36. The molecular formula is C28H32N2O. The van der Waals surface area contributed by atoms with Crippen LogP contribution in [-0.2, 0) is 0 Å². The molecule has 160 valence electrons. The number of aliphatic imine (C=N–C) groups is 1. The maximum atomic E-state index is 5.91. The third kappa shape index (κ3) is 4.51. The van der Waals surface area contributed by atoms with Gasteiger partial charge in [-0.2, -0.15) is 0 Å². The van der Waals surface area contributed by atoms with Crippen LogP contribution in [0.15, 0.2) is 65.7 Å². The summed E-state index contributed by atoms with van der Waals surface area (Å²) in [6, 6.07) is 20.6. The molecule has 1 heterocycles. The molecule has 0 bridgehead atoms. The minimum absolute atomic E-state index is 0.177. The molecule has 0 saturated carbocycles. The lowest BCUT2D eigenvalue weighted by Gasteiger charge is -2.45. The summed E-state index contributed by atoms with van der Waals surface area (Å²) in [7, 11) is 2.21. The van der Waals surface area contributed by atoms with E-state index in [-0.39, 0.29) is 5.54 Å². The average molecular weight is 413 g/mol. The molecule has 31 heavy (non-hydrogen) atoms. The van der Waals surface area contributed by atoms with Gasteiger partial charge in [-0.15, -0.1) is 0 Å². The van der Waals surface area contributed by atoms with Crippen LogP contribution in [0.3, 0.4) is 0 Å². The highest BCUT2D eigenvalue weighted by molar-refractivity contribution is 5.86. The van der Waals surface area contributed by atoms with E-state index in [9.17, 15) is 0 Å². The Morgan fingerprint density at radius 3 is 2.23 bits per heavy atom. The zero-order chi connectivity index (χ0) is 22.2. The first kappa shape index (κ1) is 21.2. The number of hydrogen-bond acceptors (Lipinski definition) is 3. The Morgan fingerprint density at radius 1 is 0.968 bits per heavy atom. The van der Waals surface area contributed by atoms with Gasteiger partial charge in [-0.05, 0) is 105 Å². The Hall–Kier alpha value is -3.07. The Labute approximate surface area is 186 Å². The topological polar surface area (TPSA) is 24.8 Å². The zero-order valence-corrected chi connectivity index (χ0v) is 19.4. The monoisotopic (exact) mass is 412 g/mol. The Morgan fingerprint density at radius 2 is 1.58 bits per heavy atom. The molecule has 3 aromatic carbocycles. The van der Waals surface area contributed by atoms with Gasteiger partial charge in [-0.25, -0.2) is 0 Å². The second kappa shape index (κ2) is 8.22. The van der Waals surface area contributed by atoms with Gasteiger partial charge in [0.25, 0.3) is 0 Å². The van der Waals surface area contributed by atoms with Crippen LogP contribution < -0.4 is 9.64 Å². The normalized spacial score (nSPS) is 17.6. The lowest BCUT2D eigenvalue weighted by molar-refractivity contribution is 0.395. The van der Waals surface area contributed by atoms with Crippen molar-refractivity contribution in [3.8, 4) is 11.5 Å². The van der Waals surface area contributed by atoms with Crippen molar-refractivity contribution in [2.24, 2.45) is 4.99 Å². The van der Waals surface area contributed by atoms with Gasteiger partial charge in [0.1, 0.15) is 11.5 Å². The second-order valence-corrected chi connectivity index (χ2v) is 9.41. The van der Waals surface area contributed by atoms with Gasteiger partial charge in [-0.3, -0.25) is 4.99 Å². The lowest BCUT2D eigenvalue weighted by Crippen LogP contribution is -2.45. The molecular weight excluding hydrogens is 380 g/mol. The highest BCUT2D eigenvalue weighted by atomic mass is 16.5. The van der Waals surface area contributed by atoms with Crippen molar-refractivity contribution in [1.82, 2.24) is 0 Å². The predicted octanol–water partition coefficient (Wildman–Crippen LogP) is 7.57. The van der Waals surface area contributed by atoms with Gasteiger partial charge in [-0.1, -0.05) is 24.6 Å². The fourth-order valence-corrected chi connectivity index (χ4v) is 4.36. The van der Waals surface area contributed by atoms with E-state index >= 15 is 0 Å². The summed E-state index contributed by atoms with van der Waals surface area (Å²) in [4.78, 5) is 7.14. The SMILES string of the molecule is Cc1ccc(Oc2ccc(N=Cc3cc4c(cc3C)N(C)C(C)(C)C[C@H]4C)cc2)cc1. The number of rotatable bonds is 4. The number of nitrogens with zero attached hydrogens (tertiary/aromatic N) is 2. The first-order valence-corrected chi connectivity index (χ1v) is 11.0. The molecule has 0 fully saturated rings. The predicted molar refractivity (Wildman–Crippen MR) is 132 cm³/mol. The molecule has 3 nitrogen and oxygen atoms in total. The molecule has 0 radical (unpaired) electrons. The summed E-state index contributed by atoms with van der Waals surface area (Å²) in [5, 5.41) is 0. The van der Waals surface area contributed by atoms with E-state index in [0.717, 1.165) is 23.6 Å². The summed E-state index contributed by atoms with van der Waals surface area (Å²) in [5.74, 6) is 2.19. The number of aryl methyl sites for hydroxylation is 2. The van der Waals surface area contributed by atoms with Crippen LogP contribution in [0, 0.1) is 13.8 Å². The van der Waals surface area contributed by atoms with Crippen molar-refractivity contribution < 1.29 is 4.74 Å². The van der Waals surface area contributed by atoms with Crippen LogP contribution in [0.1, 0.15) is 55.4 Å². The molecule has 4 rings (SSSR count). The molecule has 0 unspecified atom stereocenters. The molecule has 0 aromatic heterocycles. The molecule has 1 aliphatic rings. The minimum atomic E-state index is 0.177. The van der Waals surface area contributed by atoms with Crippen LogP contribution in [-0.4, -0.2) is 18.8 Å². The van der Waals surface area contributed by atoms with Crippen LogP contribution in [0.25, 0.3) is 0 Å². The number of ether oxygens (including phenoxy) is 1. The van der Waals surface area contributed by atoms with Crippen molar-refractivity contribution >= 4 is 17.6 Å². The van der Waals surface area contributed by atoms with Gasteiger partial charge in [0.05, 0.1) is 5.69 Å². The average Bonchev–Trinajstić information content (AvgIpc) is 2.73. The van der Waals surface area contributed by atoms with Crippen molar-refractivity contribution in [2.75, 3.05) is 11.9 Å². The first-order chi connectivity index (χ1) is 14.7. The highest BCUT2D eigenvalue weighted by Crippen LogP contribution is 2.43. The largest absolute Gasteiger partial charge is 0.457 e. The lowest BCUT2D eigenvalue weighted by atomic mass is 9.79. The summed E-state index contributed by atoms with van der Waals surface area (Å²) in [5.41, 5.74) is 7.50. The maximum absolute atomic E-state index is 5.91. The molecule has 0 aliphatic carbocycles. The van der Waals surface area contributed by atoms with E-state index in [2.05, 4.69) is 70.8 Å². The van der Waals surface area contributed by atoms with E-state index in [1.807, 2.05) is 42.6 Å². The Kier molecular flexibility index (Phi) is 5.62. The standard InChI is InChI=1S/C28H32N2O/c1-19-7-11-24(12-8-19)31-25-13-9-23(10-14-25)29-18-22-16-26-21(3)17-28(4,5)30(6)27(26)15-20(22)2/h7-16,18,21H,17H2,1-6H3/t21-/m1/s1.